The van der Waals surface area contributed by atoms with Gasteiger partial charge in [0.25, 0.3) is 0 Å². The molecule has 1 amide bonds. The van der Waals surface area contributed by atoms with Gasteiger partial charge in [-0.1, -0.05) is 30.3 Å². The van der Waals surface area contributed by atoms with Crippen LogP contribution in [0.2, 0.25) is 0 Å². The zero-order valence-corrected chi connectivity index (χ0v) is 19.4. The van der Waals surface area contributed by atoms with E-state index < -0.39 is 17.6 Å². The van der Waals surface area contributed by atoms with Crippen molar-refractivity contribution in [2.24, 2.45) is 0 Å². The molecule has 0 saturated carbocycles. The third-order valence-electron chi connectivity index (χ3n) is 5.87. The molecule has 2 aromatic heterocycles. The highest BCUT2D eigenvalue weighted by Crippen LogP contribution is 2.34. The fourth-order valence-electron chi connectivity index (χ4n) is 4.17. The van der Waals surface area contributed by atoms with Gasteiger partial charge in [0.15, 0.2) is 5.82 Å². The Balaban J connectivity index is 1.27. The molecular formula is C25H22F3N5OS. The maximum Gasteiger partial charge on any atom is 0.418 e. The summed E-state index contributed by atoms with van der Waals surface area (Å²) < 4.78 is 39.6. The van der Waals surface area contributed by atoms with E-state index in [4.69, 9.17) is 9.97 Å². The number of aromatic nitrogens is 2. The summed E-state index contributed by atoms with van der Waals surface area (Å²) in [7, 11) is 0. The molecule has 0 atom stereocenters. The standard InChI is InChI=1S/C25H22F3N5OS/c26-25(27,28)18-7-2-4-9-20(18)29-22(34)16-32-11-13-33(14-12-32)24-17-6-1-3-8-19(17)30-23(31-24)21-10-5-15-35-21/h1-10,15H,11-14,16H2,(H,29,34). The molecule has 0 spiro atoms. The van der Waals surface area contributed by atoms with Gasteiger partial charge < -0.3 is 10.2 Å². The first-order valence-corrected chi connectivity index (χ1v) is 12.0. The Kier molecular flexibility index (Phi) is 6.40. The van der Waals surface area contributed by atoms with Crippen LogP contribution in [0.3, 0.4) is 0 Å². The Hall–Kier alpha value is -3.50. The van der Waals surface area contributed by atoms with Crippen molar-refractivity contribution in [3.05, 3.63) is 71.6 Å². The van der Waals surface area contributed by atoms with Crippen LogP contribution in [0.5, 0.6) is 0 Å². The highest BCUT2D eigenvalue weighted by atomic mass is 32.1. The second-order valence-electron chi connectivity index (χ2n) is 8.22. The third-order valence-corrected chi connectivity index (χ3v) is 6.74. The molecule has 0 bridgehead atoms. The van der Waals surface area contributed by atoms with Crippen LogP contribution in [-0.2, 0) is 11.0 Å². The Morgan fingerprint density at radius 1 is 0.943 bits per heavy atom. The lowest BCUT2D eigenvalue weighted by Gasteiger charge is -2.35. The number of hydrogen-bond acceptors (Lipinski definition) is 6. The predicted molar refractivity (Wildman–Crippen MR) is 132 cm³/mol. The first-order chi connectivity index (χ1) is 16.9. The summed E-state index contributed by atoms with van der Waals surface area (Å²) in [5.74, 6) is 1.06. The van der Waals surface area contributed by atoms with Crippen molar-refractivity contribution in [3.8, 4) is 10.7 Å². The van der Waals surface area contributed by atoms with E-state index in [2.05, 4.69) is 10.2 Å². The molecule has 6 nitrogen and oxygen atoms in total. The zero-order chi connectivity index (χ0) is 24.4. The van der Waals surface area contributed by atoms with Crippen LogP contribution in [0.4, 0.5) is 24.7 Å². The number of fused-ring (bicyclic) bond motifs is 1. The number of alkyl halides is 3. The minimum absolute atomic E-state index is 0.0188. The summed E-state index contributed by atoms with van der Waals surface area (Å²) in [6, 6.07) is 16.8. The molecular weight excluding hydrogens is 475 g/mol. The highest BCUT2D eigenvalue weighted by Gasteiger charge is 2.33. The van der Waals surface area contributed by atoms with Gasteiger partial charge in [-0.3, -0.25) is 9.69 Å². The molecule has 180 valence electrons. The number of hydrogen-bond donors (Lipinski definition) is 1. The Bertz CT molecular complexity index is 1330. The second-order valence-corrected chi connectivity index (χ2v) is 9.17. The van der Waals surface area contributed by atoms with Crippen molar-refractivity contribution >= 4 is 39.7 Å². The first kappa shape index (κ1) is 23.3. The zero-order valence-electron chi connectivity index (χ0n) is 18.6. The van der Waals surface area contributed by atoms with Crippen LogP contribution in [-0.4, -0.2) is 53.5 Å². The number of benzene rings is 2. The van der Waals surface area contributed by atoms with Gasteiger partial charge in [0, 0.05) is 31.6 Å². The SMILES string of the molecule is O=C(CN1CCN(c2nc(-c3cccs3)nc3ccccc23)CC1)Nc1ccccc1C(F)(F)F. The molecule has 2 aromatic carbocycles. The number of thiophene rings is 1. The number of carbonyl (C=O) groups is 1. The van der Waals surface area contributed by atoms with Crippen LogP contribution in [0.25, 0.3) is 21.6 Å². The quantitative estimate of drug-likeness (QED) is 0.414. The Morgan fingerprint density at radius 3 is 2.43 bits per heavy atom. The lowest BCUT2D eigenvalue weighted by Crippen LogP contribution is -2.49. The molecule has 10 heteroatoms. The number of nitrogens with one attached hydrogen (secondary N) is 1. The van der Waals surface area contributed by atoms with E-state index in [1.165, 1.54) is 18.2 Å². The van der Waals surface area contributed by atoms with Gasteiger partial charge >= 0.3 is 6.18 Å². The van der Waals surface area contributed by atoms with Gasteiger partial charge in [-0.15, -0.1) is 11.3 Å². The maximum absolute atomic E-state index is 13.2. The summed E-state index contributed by atoms with van der Waals surface area (Å²) in [6.45, 7) is 2.46. The first-order valence-electron chi connectivity index (χ1n) is 11.1. The van der Waals surface area contributed by atoms with E-state index in [0.717, 1.165) is 27.7 Å². The summed E-state index contributed by atoms with van der Waals surface area (Å²) >= 11 is 1.58. The van der Waals surface area contributed by atoms with Crippen molar-refractivity contribution in [1.29, 1.82) is 0 Å². The summed E-state index contributed by atoms with van der Waals surface area (Å²) in [6.07, 6.45) is -4.53. The van der Waals surface area contributed by atoms with Gasteiger partial charge in [-0.05, 0) is 35.7 Å². The van der Waals surface area contributed by atoms with Crippen LogP contribution in [0.15, 0.2) is 66.0 Å². The molecule has 0 radical (unpaired) electrons. The van der Waals surface area contributed by atoms with Crippen LogP contribution in [0.1, 0.15) is 5.56 Å². The second kappa shape index (κ2) is 9.63. The molecule has 35 heavy (non-hydrogen) atoms. The number of anilines is 2. The number of nitrogens with zero attached hydrogens (tertiary/aromatic N) is 4. The minimum Gasteiger partial charge on any atom is -0.353 e. The fourth-order valence-corrected chi connectivity index (χ4v) is 4.82. The smallest absolute Gasteiger partial charge is 0.353 e. The van der Waals surface area contributed by atoms with Gasteiger partial charge in [-0.25, -0.2) is 9.97 Å². The number of halogens is 3. The molecule has 5 rings (SSSR count). The van der Waals surface area contributed by atoms with E-state index in [-0.39, 0.29) is 12.2 Å². The van der Waals surface area contributed by atoms with Crippen molar-refractivity contribution in [2.75, 3.05) is 42.9 Å². The largest absolute Gasteiger partial charge is 0.418 e. The van der Waals surface area contributed by atoms with Crippen LogP contribution >= 0.6 is 11.3 Å². The average Bonchev–Trinajstić information content (AvgIpc) is 3.39. The minimum atomic E-state index is -4.53. The highest BCUT2D eigenvalue weighted by molar-refractivity contribution is 7.13. The topological polar surface area (TPSA) is 61.4 Å². The molecule has 1 N–H and O–H groups in total. The van der Waals surface area contributed by atoms with Gasteiger partial charge in [0.2, 0.25) is 5.91 Å². The Morgan fingerprint density at radius 2 is 1.69 bits per heavy atom. The number of carbonyl (C=O) groups excluding carboxylic acids is 1. The Labute approximate surface area is 204 Å². The fraction of sp³-hybridized carbons (Fsp3) is 0.240. The third kappa shape index (κ3) is 5.13. The molecule has 1 saturated heterocycles. The lowest BCUT2D eigenvalue weighted by atomic mass is 10.1. The van der Waals surface area contributed by atoms with Gasteiger partial charge in [0.1, 0.15) is 5.82 Å². The van der Waals surface area contributed by atoms with Crippen LogP contribution in [0, 0.1) is 0 Å². The molecule has 3 heterocycles. The van der Waals surface area contributed by atoms with Crippen molar-refractivity contribution in [3.63, 3.8) is 0 Å². The van der Waals surface area contributed by atoms with E-state index in [0.29, 0.717) is 32.0 Å². The predicted octanol–water partition coefficient (Wildman–Crippen LogP) is 5.14. The molecule has 1 fully saturated rings. The summed E-state index contributed by atoms with van der Waals surface area (Å²) in [4.78, 5) is 27.2. The number of piperazine rings is 1. The number of para-hydroxylation sites is 2. The van der Waals surface area contributed by atoms with Crippen molar-refractivity contribution in [1.82, 2.24) is 14.9 Å². The van der Waals surface area contributed by atoms with E-state index >= 15 is 0 Å². The normalized spacial score (nSPS) is 14.9. The molecule has 1 aliphatic heterocycles. The van der Waals surface area contributed by atoms with E-state index in [9.17, 15) is 18.0 Å². The molecule has 0 aliphatic carbocycles. The van der Waals surface area contributed by atoms with E-state index in [1.807, 2.05) is 46.7 Å². The van der Waals surface area contributed by atoms with E-state index in [1.54, 1.807) is 11.3 Å². The summed E-state index contributed by atoms with van der Waals surface area (Å²) in [5.41, 5.74) is -0.210. The monoisotopic (exact) mass is 497 g/mol. The molecule has 0 unspecified atom stereocenters. The molecule has 1 aliphatic rings. The molecule has 4 aromatic rings. The van der Waals surface area contributed by atoms with Crippen molar-refractivity contribution in [2.45, 2.75) is 6.18 Å². The van der Waals surface area contributed by atoms with Crippen molar-refractivity contribution < 1.29 is 18.0 Å². The van der Waals surface area contributed by atoms with Gasteiger partial charge in [-0.2, -0.15) is 13.2 Å². The van der Waals surface area contributed by atoms with Gasteiger partial charge in [0.05, 0.1) is 28.2 Å². The lowest BCUT2D eigenvalue weighted by molar-refractivity contribution is -0.137. The number of rotatable bonds is 5. The maximum atomic E-state index is 13.2. The van der Waals surface area contributed by atoms with Crippen LogP contribution < -0.4 is 10.2 Å². The average molecular weight is 498 g/mol. The number of amides is 1. The summed E-state index contributed by atoms with van der Waals surface area (Å²) in [5, 5.41) is 5.37.